The maximum absolute atomic E-state index is 13.4. The van der Waals surface area contributed by atoms with Crippen molar-refractivity contribution in [3.05, 3.63) is 23.5 Å². The van der Waals surface area contributed by atoms with Crippen LogP contribution in [-0.2, 0) is 10.0 Å². The van der Waals surface area contributed by atoms with Gasteiger partial charge in [0, 0.05) is 12.6 Å². The molecular weight excluding hydrogens is 271 g/mol. The fourth-order valence-corrected chi connectivity index (χ4v) is 2.98. The lowest BCUT2D eigenvalue weighted by Gasteiger charge is -2.19. The molecule has 5 nitrogen and oxygen atoms in total. The van der Waals surface area contributed by atoms with Crippen molar-refractivity contribution < 1.29 is 17.9 Å². The third kappa shape index (κ3) is 3.65. The molecule has 2 unspecified atom stereocenters. The van der Waals surface area contributed by atoms with Gasteiger partial charge in [0.05, 0.1) is 10.6 Å². The van der Waals surface area contributed by atoms with Gasteiger partial charge in [-0.25, -0.2) is 17.5 Å². The molecule has 2 atom stereocenters. The summed E-state index contributed by atoms with van der Waals surface area (Å²) >= 11 is 0. The van der Waals surface area contributed by atoms with E-state index in [0.717, 1.165) is 6.07 Å². The number of nitrogens with two attached hydrogens (primary N) is 1. The van der Waals surface area contributed by atoms with Gasteiger partial charge in [-0.1, -0.05) is 6.92 Å². The van der Waals surface area contributed by atoms with Gasteiger partial charge < -0.3 is 10.8 Å². The van der Waals surface area contributed by atoms with Crippen LogP contribution in [0.25, 0.3) is 0 Å². The summed E-state index contributed by atoms with van der Waals surface area (Å²) in [6.45, 7) is 4.69. The molecule has 0 aliphatic heterocycles. The molecular formula is C12H19FN2O3S. The molecule has 19 heavy (non-hydrogen) atoms. The first-order chi connectivity index (χ1) is 8.69. The van der Waals surface area contributed by atoms with Gasteiger partial charge >= 0.3 is 0 Å². The number of anilines is 1. The van der Waals surface area contributed by atoms with Crippen LogP contribution in [0.1, 0.15) is 19.4 Å². The van der Waals surface area contributed by atoms with Gasteiger partial charge in [0.2, 0.25) is 10.0 Å². The second-order valence-electron chi connectivity index (χ2n) is 4.71. The average Bonchev–Trinajstić information content (AvgIpc) is 2.33. The summed E-state index contributed by atoms with van der Waals surface area (Å²) in [6.07, 6.45) is 0. The van der Waals surface area contributed by atoms with Crippen LogP contribution in [0.3, 0.4) is 0 Å². The predicted octanol–water partition coefficient (Wildman–Crippen LogP) is 1.01. The van der Waals surface area contributed by atoms with Crippen LogP contribution in [0.2, 0.25) is 0 Å². The van der Waals surface area contributed by atoms with E-state index in [9.17, 15) is 12.8 Å². The number of sulfonamides is 1. The van der Waals surface area contributed by atoms with E-state index in [0.29, 0.717) is 0 Å². The smallest absolute Gasteiger partial charge is 0.240 e. The van der Waals surface area contributed by atoms with Crippen LogP contribution in [0.15, 0.2) is 17.0 Å². The monoisotopic (exact) mass is 290 g/mol. The molecule has 0 fully saturated rings. The number of hydrogen-bond donors (Lipinski definition) is 3. The minimum Gasteiger partial charge on any atom is -0.396 e. The zero-order chi connectivity index (χ0) is 14.8. The molecule has 1 aromatic carbocycles. The summed E-state index contributed by atoms with van der Waals surface area (Å²) in [6, 6.07) is 1.87. The molecule has 0 bridgehead atoms. The van der Waals surface area contributed by atoms with E-state index in [1.807, 2.05) is 0 Å². The quantitative estimate of drug-likeness (QED) is 0.706. The Morgan fingerprint density at radius 3 is 2.47 bits per heavy atom. The second-order valence-corrected chi connectivity index (χ2v) is 6.43. The van der Waals surface area contributed by atoms with Crippen molar-refractivity contribution in [3.63, 3.8) is 0 Å². The molecule has 0 heterocycles. The fraction of sp³-hybridized carbons (Fsp3) is 0.500. The molecule has 0 aliphatic carbocycles. The highest BCUT2D eigenvalue weighted by Gasteiger charge is 2.22. The van der Waals surface area contributed by atoms with Crippen molar-refractivity contribution >= 4 is 15.7 Å². The van der Waals surface area contributed by atoms with Crippen molar-refractivity contribution in [2.45, 2.75) is 31.7 Å². The predicted molar refractivity (Wildman–Crippen MR) is 71.6 cm³/mol. The Morgan fingerprint density at radius 1 is 1.42 bits per heavy atom. The lowest BCUT2D eigenvalue weighted by Crippen LogP contribution is -2.38. The first-order valence-corrected chi connectivity index (χ1v) is 7.36. The van der Waals surface area contributed by atoms with Gasteiger partial charge in [0.15, 0.2) is 0 Å². The number of hydrogen-bond acceptors (Lipinski definition) is 4. The molecule has 0 aliphatic rings. The Balaban J connectivity index is 3.08. The third-order valence-corrected chi connectivity index (χ3v) is 4.59. The molecule has 0 aromatic heterocycles. The van der Waals surface area contributed by atoms with Gasteiger partial charge in [-0.2, -0.15) is 0 Å². The van der Waals surface area contributed by atoms with Crippen LogP contribution in [-0.4, -0.2) is 26.2 Å². The fourth-order valence-electron chi connectivity index (χ4n) is 1.50. The average molecular weight is 290 g/mol. The maximum Gasteiger partial charge on any atom is 0.240 e. The van der Waals surface area contributed by atoms with E-state index in [1.165, 1.54) is 13.0 Å². The van der Waals surface area contributed by atoms with Crippen molar-refractivity contribution in [2.24, 2.45) is 5.92 Å². The van der Waals surface area contributed by atoms with Crippen molar-refractivity contribution in [3.8, 4) is 0 Å². The van der Waals surface area contributed by atoms with Crippen LogP contribution in [0.5, 0.6) is 0 Å². The van der Waals surface area contributed by atoms with Gasteiger partial charge in [-0.3, -0.25) is 0 Å². The second kappa shape index (κ2) is 5.85. The molecule has 4 N–H and O–H groups in total. The Labute approximate surface area is 112 Å². The molecule has 7 heteroatoms. The zero-order valence-corrected chi connectivity index (χ0v) is 12.0. The van der Waals surface area contributed by atoms with E-state index in [4.69, 9.17) is 10.8 Å². The van der Waals surface area contributed by atoms with Crippen LogP contribution in [0, 0.1) is 18.7 Å². The number of aliphatic hydroxyl groups is 1. The topological polar surface area (TPSA) is 92.4 Å². The summed E-state index contributed by atoms with van der Waals surface area (Å²) in [5.74, 6) is -0.843. The van der Waals surface area contributed by atoms with Crippen molar-refractivity contribution in [1.82, 2.24) is 4.72 Å². The number of aryl methyl sites for hydroxylation is 1. The zero-order valence-electron chi connectivity index (χ0n) is 11.1. The van der Waals surface area contributed by atoms with Gasteiger partial charge in [-0.05, 0) is 37.5 Å². The Bertz CT molecular complexity index is 537. The third-order valence-electron chi connectivity index (χ3n) is 3.05. The van der Waals surface area contributed by atoms with E-state index < -0.39 is 21.9 Å². The number of rotatable bonds is 5. The molecule has 1 aromatic rings. The number of nitrogens with one attached hydrogen (secondary N) is 1. The summed E-state index contributed by atoms with van der Waals surface area (Å²) in [7, 11) is -3.78. The van der Waals surface area contributed by atoms with Gasteiger partial charge in [0.25, 0.3) is 0 Å². The number of benzene rings is 1. The largest absolute Gasteiger partial charge is 0.396 e. The van der Waals surface area contributed by atoms with Crippen molar-refractivity contribution in [1.29, 1.82) is 0 Å². The normalized spacial score (nSPS) is 15.2. The summed E-state index contributed by atoms with van der Waals surface area (Å²) in [5.41, 5.74) is 5.39. The van der Waals surface area contributed by atoms with E-state index in [-0.39, 0.29) is 28.7 Å². The minimum atomic E-state index is -3.78. The minimum absolute atomic E-state index is 0.0825. The molecule has 108 valence electrons. The maximum atomic E-state index is 13.4. The van der Waals surface area contributed by atoms with Crippen LogP contribution >= 0.6 is 0 Å². The highest BCUT2D eigenvalue weighted by atomic mass is 32.2. The van der Waals surface area contributed by atoms with E-state index >= 15 is 0 Å². The molecule has 0 saturated carbocycles. The van der Waals surface area contributed by atoms with Crippen LogP contribution in [0.4, 0.5) is 10.1 Å². The highest BCUT2D eigenvalue weighted by Crippen LogP contribution is 2.21. The summed E-state index contributed by atoms with van der Waals surface area (Å²) < 4.78 is 40.0. The first-order valence-electron chi connectivity index (χ1n) is 5.88. The van der Waals surface area contributed by atoms with Gasteiger partial charge in [0.1, 0.15) is 5.82 Å². The SMILES string of the molecule is Cc1cc(S(=O)(=O)NC(C)C(C)CO)cc(N)c1F. The standard InChI is InChI=1S/C12H19FN2O3S/c1-7-4-10(5-11(14)12(7)13)19(17,18)15-9(3)8(2)6-16/h4-5,8-9,15-16H,6,14H2,1-3H3. The highest BCUT2D eigenvalue weighted by molar-refractivity contribution is 7.89. The van der Waals surface area contributed by atoms with Gasteiger partial charge in [-0.15, -0.1) is 0 Å². The molecule has 0 saturated heterocycles. The number of nitrogen functional groups attached to an aromatic ring is 1. The Hall–Kier alpha value is -1.18. The Morgan fingerprint density at radius 2 is 2.00 bits per heavy atom. The van der Waals surface area contributed by atoms with E-state index in [1.54, 1.807) is 13.8 Å². The Kier molecular flexibility index (Phi) is 4.89. The molecule has 0 amide bonds. The number of aliphatic hydroxyl groups excluding tert-OH is 1. The summed E-state index contributed by atoms with van der Waals surface area (Å²) in [4.78, 5) is -0.0825. The molecule has 0 spiro atoms. The summed E-state index contributed by atoms with van der Waals surface area (Å²) in [5, 5.41) is 8.99. The van der Waals surface area contributed by atoms with Crippen molar-refractivity contribution in [2.75, 3.05) is 12.3 Å². The van der Waals surface area contributed by atoms with Crippen LogP contribution < -0.4 is 10.5 Å². The van der Waals surface area contributed by atoms with E-state index in [2.05, 4.69) is 4.72 Å². The lowest BCUT2D eigenvalue weighted by molar-refractivity contribution is 0.216. The number of halogens is 1. The first kappa shape index (κ1) is 15.9. The molecule has 1 rings (SSSR count). The molecule has 0 radical (unpaired) electrons. The lowest BCUT2D eigenvalue weighted by atomic mass is 10.1.